The molecule has 0 radical (unpaired) electrons. The fraction of sp³-hybridized carbons (Fsp3) is 1.00. The molecule has 102 valence electrons. The van der Waals surface area contributed by atoms with Crippen molar-refractivity contribution < 1.29 is 13.2 Å². The lowest BCUT2D eigenvalue weighted by molar-refractivity contribution is -0.124. The minimum absolute atomic E-state index is 0.401. The third-order valence-electron chi connectivity index (χ3n) is 3.19. The molecule has 0 saturated carbocycles. The van der Waals surface area contributed by atoms with Gasteiger partial charge in [-0.2, -0.15) is 13.2 Å². The molecule has 0 aromatic heterocycles. The maximum atomic E-state index is 11.9. The number of nitrogens with zero attached hydrogens (tertiary/aromatic N) is 2. The van der Waals surface area contributed by atoms with E-state index in [0.29, 0.717) is 19.1 Å². The van der Waals surface area contributed by atoms with Crippen LogP contribution in [-0.2, 0) is 0 Å². The number of hydrogen-bond donors (Lipinski definition) is 1. The normalized spacial score (nSPS) is 24.2. The largest absolute Gasteiger partial charge is 0.401 e. The third kappa shape index (κ3) is 5.70. The average Bonchev–Trinajstić information content (AvgIpc) is 2.23. The summed E-state index contributed by atoms with van der Waals surface area (Å²) < 4.78 is 35.7. The summed E-state index contributed by atoms with van der Waals surface area (Å²) in [5, 5.41) is 2.43. The zero-order valence-electron chi connectivity index (χ0n) is 10.6. The second-order valence-corrected chi connectivity index (χ2v) is 4.57. The molecular weight excluding hydrogens is 231 g/mol. The number of alkyl halides is 3. The Labute approximate surface area is 101 Å². The standard InChI is InChI=1S/C11H22F3N3/c1-3-17-7-6-16(8-10(17)2)5-4-15-9-11(12,13)14/h10,15H,3-9H2,1-2H3. The molecule has 3 nitrogen and oxygen atoms in total. The highest BCUT2D eigenvalue weighted by molar-refractivity contribution is 4.78. The van der Waals surface area contributed by atoms with Crippen molar-refractivity contribution in [1.82, 2.24) is 15.1 Å². The molecule has 17 heavy (non-hydrogen) atoms. The topological polar surface area (TPSA) is 18.5 Å². The van der Waals surface area contributed by atoms with Crippen molar-refractivity contribution in [2.24, 2.45) is 0 Å². The van der Waals surface area contributed by atoms with E-state index >= 15 is 0 Å². The highest BCUT2D eigenvalue weighted by Gasteiger charge is 2.26. The number of likely N-dealkylation sites (N-methyl/N-ethyl adjacent to an activating group) is 1. The Morgan fingerprint density at radius 3 is 2.53 bits per heavy atom. The lowest BCUT2D eigenvalue weighted by atomic mass is 10.2. The summed E-state index contributed by atoms with van der Waals surface area (Å²) >= 11 is 0. The predicted molar refractivity (Wildman–Crippen MR) is 62.1 cm³/mol. The van der Waals surface area contributed by atoms with Crippen LogP contribution in [0.5, 0.6) is 0 Å². The van der Waals surface area contributed by atoms with Crippen molar-refractivity contribution >= 4 is 0 Å². The number of rotatable bonds is 5. The van der Waals surface area contributed by atoms with Crippen molar-refractivity contribution in [2.75, 3.05) is 45.8 Å². The number of hydrogen-bond acceptors (Lipinski definition) is 3. The Morgan fingerprint density at radius 2 is 2.00 bits per heavy atom. The van der Waals surface area contributed by atoms with Crippen molar-refractivity contribution in [2.45, 2.75) is 26.1 Å². The molecule has 1 heterocycles. The van der Waals surface area contributed by atoms with Crippen LogP contribution in [0.3, 0.4) is 0 Å². The van der Waals surface area contributed by atoms with Gasteiger partial charge in [0.25, 0.3) is 0 Å². The summed E-state index contributed by atoms with van der Waals surface area (Å²) in [5.74, 6) is 0. The predicted octanol–water partition coefficient (Wildman–Crippen LogP) is 1.16. The molecule has 1 unspecified atom stereocenters. The molecule has 1 saturated heterocycles. The van der Waals surface area contributed by atoms with Gasteiger partial charge < -0.3 is 5.32 Å². The van der Waals surface area contributed by atoms with E-state index in [2.05, 4.69) is 29.0 Å². The highest BCUT2D eigenvalue weighted by Crippen LogP contribution is 2.12. The van der Waals surface area contributed by atoms with Gasteiger partial charge in [-0.3, -0.25) is 9.80 Å². The van der Waals surface area contributed by atoms with E-state index in [1.54, 1.807) is 0 Å². The van der Waals surface area contributed by atoms with E-state index in [-0.39, 0.29) is 0 Å². The number of halogens is 3. The van der Waals surface area contributed by atoms with Crippen LogP contribution in [0.25, 0.3) is 0 Å². The summed E-state index contributed by atoms with van der Waals surface area (Å²) in [5.41, 5.74) is 0. The first-order valence-electron chi connectivity index (χ1n) is 6.16. The first kappa shape index (κ1) is 14.7. The van der Waals surface area contributed by atoms with Crippen LogP contribution in [0.4, 0.5) is 13.2 Å². The van der Waals surface area contributed by atoms with Gasteiger partial charge in [0.2, 0.25) is 0 Å². The lowest BCUT2D eigenvalue weighted by Crippen LogP contribution is -2.52. The number of piperazine rings is 1. The van der Waals surface area contributed by atoms with Crippen molar-refractivity contribution in [3.05, 3.63) is 0 Å². The van der Waals surface area contributed by atoms with Gasteiger partial charge in [-0.1, -0.05) is 6.92 Å². The summed E-state index contributed by atoms with van der Waals surface area (Å²) in [7, 11) is 0. The summed E-state index contributed by atoms with van der Waals surface area (Å²) in [6.45, 7) is 8.45. The number of nitrogens with one attached hydrogen (secondary N) is 1. The van der Waals surface area contributed by atoms with E-state index in [4.69, 9.17) is 0 Å². The average molecular weight is 253 g/mol. The highest BCUT2D eigenvalue weighted by atomic mass is 19.4. The molecule has 0 bridgehead atoms. The quantitative estimate of drug-likeness (QED) is 0.742. The van der Waals surface area contributed by atoms with E-state index < -0.39 is 12.7 Å². The van der Waals surface area contributed by atoms with Crippen molar-refractivity contribution in [1.29, 1.82) is 0 Å². The fourth-order valence-electron chi connectivity index (χ4n) is 2.21. The smallest absolute Gasteiger partial charge is 0.307 e. The molecule has 1 aliphatic heterocycles. The Bertz CT molecular complexity index is 220. The van der Waals surface area contributed by atoms with Crippen molar-refractivity contribution in [3.8, 4) is 0 Å². The minimum Gasteiger partial charge on any atom is -0.307 e. The van der Waals surface area contributed by atoms with E-state index in [1.165, 1.54) is 0 Å². The Balaban J connectivity index is 2.13. The molecule has 1 aliphatic rings. The van der Waals surface area contributed by atoms with Gasteiger partial charge in [-0.15, -0.1) is 0 Å². The van der Waals surface area contributed by atoms with Crippen LogP contribution in [0.15, 0.2) is 0 Å². The fourth-order valence-corrected chi connectivity index (χ4v) is 2.21. The van der Waals surface area contributed by atoms with Gasteiger partial charge in [-0.05, 0) is 13.5 Å². The lowest BCUT2D eigenvalue weighted by Gasteiger charge is -2.39. The maximum absolute atomic E-state index is 11.9. The van der Waals surface area contributed by atoms with Gasteiger partial charge >= 0.3 is 6.18 Å². The maximum Gasteiger partial charge on any atom is 0.401 e. The second kappa shape index (κ2) is 6.56. The molecule has 1 N–H and O–H groups in total. The van der Waals surface area contributed by atoms with Gasteiger partial charge in [0.05, 0.1) is 6.54 Å². The molecule has 0 amide bonds. The van der Waals surface area contributed by atoms with Crippen LogP contribution in [0.1, 0.15) is 13.8 Å². The van der Waals surface area contributed by atoms with Crippen LogP contribution in [-0.4, -0.2) is 67.8 Å². The SMILES string of the molecule is CCN1CCN(CCNCC(F)(F)F)CC1C. The van der Waals surface area contributed by atoms with Gasteiger partial charge in [-0.25, -0.2) is 0 Å². The molecule has 1 atom stereocenters. The Morgan fingerprint density at radius 1 is 1.29 bits per heavy atom. The molecule has 6 heteroatoms. The van der Waals surface area contributed by atoms with Crippen LogP contribution in [0, 0.1) is 0 Å². The molecule has 1 rings (SSSR count). The zero-order chi connectivity index (χ0) is 12.9. The minimum atomic E-state index is -4.10. The molecule has 0 aromatic rings. The molecule has 0 aliphatic carbocycles. The third-order valence-corrected chi connectivity index (χ3v) is 3.19. The first-order chi connectivity index (χ1) is 7.92. The van der Waals surface area contributed by atoms with Crippen LogP contribution in [0.2, 0.25) is 0 Å². The van der Waals surface area contributed by atoms with Crippen LogP contribution < -0.4 is 5.32 Å². The molecular formula is C11H22F3N3. The van der Waals surface area contributed by atoms with Gasteiger partial charge in [0.1, 0.15) is 0 Å². The molecule has 0 spiro atoms. The summed E-state index contributed by atoms with van der Waals surface area (Å²) in [6.07, 6.45) is -4.10. The van der Waals surface area contributed by atoms with Crippen LogP contribution >= 0.6 is 0 Å². The summed E-state index contributed by atoms with van der Waals surface area (Å²) in [6, 6.07) is 0.497. The van der Waals surface area contributed by atoms with Gasteiger partial charge in [0.15, 0.2) is 0 Å². The summed E-state index contributed by atoms with van der Waals surface area (Å²) in [4.78, 5) is 4.61. The van der Waals surface area contributed by atoms with Crippen molar-refractivity contribution in [3.63, 3.8) is 0 Å². The first-order valence-corrected chi connectivity index (χ1v) is 6.16. The Hall–Kier alpha value is -0.330. The second-order valence-electron chi connectivity index (χ2n) is 4.57. The monoisotopic (exact) mass is 253 g/mol. The Kier molecular flexibility index (Phi) is 5.69. The van der Waals surface area contributed by atoms with E-state index in [9.17, 15) is 13.2 Å². The van der Waals surface area contributed by atoms with E-state index in [1.807, 2.05) is 0 Å². The van der Waals surface area contributed by atoms with E-state index in [0.717, 1.165) is 26.2 Å². The zero-order valence-corrected chi connectivity index (χ0v) is 10.6. The molecule has 0 aromatic carbocycles. The van der Waals surface area contributed by atoms with Gasteiger partial charge in [0, 0.05) is 38.8 Å². The molecule has 1 fully saturated rings.